The van der Waals surface area contributed by atoms with E-state index in [9.17, 15) is 9.18 Å². The van der Waals surface area contributed by atoms with Crippen molar-refractivity contribution < 1.29 is 18.7 Å². The van der Waals surface area contributed by atoms with Gasteiger partial charge < -0.3 is 9.47 Å². The molecule has 0 spiro atoms. The maximum absolute atomic E-state index is 12.1. The number of carbonyl (C=O) groups excluding carboxylic acids is 1. The average molecular weight is 374 g/mol. The molecule has 0 fully saturated rings. The lowest BCUT2D eigenvalue weighted by Gasteiger charge is -2.28. The largest absolute Gasteiger partial charge is 0.463 e. The predicted molar refractivity (Wildman–Crippen MR) is 107 cm³/mol. The average Bonchev–Trinajstić information content (AvgIpc) is 2.63. The van der Waals surface area contributed by atoms with E-state index in [4.69, 9.17) is 9.47 Å². The third-order valence-corrected chi connectivity index (χ3v) is 3.88. The number of ether oxygens (including phenoxy) is 2. The van der Waals surface area contributed by atoms with Gasteiger partial charge in [-0.3, -0.25) is 4.79 Å². The Morgan fingerprint density at radius 2 is 1.67 bits per heavy atom. The van der Waals surface area contributed by atoms with Crippen LogP contribution in [0.15, 0.2) is 54.6 Å². The van der Waals surface area contributed by atoms with Crippen LogP contribution in [0.3, 0.4) is 0 Å². The molecule has 0 aromatic heterocycles. The number of rotatable bonds is 7. The Bertz CT molecular complexity index is 645. The second-order valence-corrected chi connectivity index (χ2v) is 7.19. The molecule has 0 radical (unpaired) electrons. The highest BCUT2D eigenvalue weighted by atomic mass is 19.1. The number of aryl methyl sites for hydroxylation is 1. The van der Waals surface area contributed by atoms with Gasteiger partial charge in [0.25, 0.3) is 0 Å². The lowest BCUT2D eigenvalue weighted by molar-refractivity contribution is -0.151. The fourth-order valence-electron chi connectivity index (χ4n) is 2.49. The van der Waals surface area contributed by atoms with E-state index in [2.05, 4.69) is 0 Å². The first-order valence-corrected chi connectivity index (χ1v) is 9.31. The molecule has 0 amide bonds. The summed E-state index contributed by atoms with van der Waals surface area (Å²) in [6.45, 7) is 10.2. The monoisotopic (exact) mass is 374 g/mol. The second-order valence-electron chi connectivity index (χ2n) is 7.19. The summed E-state index contributed by atoms with van der Waals surface area (Å²) in [5, 5.41) is 0. The van der Waals surface area contributed by atoms with Crippen LogP contribution in [0.5, 0.6) is 0 Å². The number of hydrogen-bond donors (Lipinski definition) is 0. The Morgan fingerprint density at radius 1 is 1.07 bits per heavy atom. The van der Waals surface area contributed by atoms with Crippen molar-refractivity contribution >= 4 is 5.97 Å². The summed E-state index contributed by atoms with van der Waals surface area (Å²) in [5.41, 5.74) is 1.92. The Balaban J connectivity index is 0.000000377. The van der Waals surface area contributed by atoms with E-state index in [0.29, 0.717) is 19.4 Å². The number of benzene rings is 2. The Kier molecular flexibility index (Phi) is 9.73. The maximum atomic E-state index is 12.1. The van der Waals surface area contributed by atoms with E-state index in [0.717, 1.165) is 11.1 Å². The summed E-state index contributed by atoms with van der Waals surface area (Å²) in [6.07, 6.45) is 0.972. The molecule has 27 heavy (non-hydrogen) atoms. The van der Waals surface area contributed by atoms with Crippen LogP contribution < -0.4 is 0 Å². The summed E-state index contributed by atoms with van der Waals surface area (Å²) in [6, 6.07) is 16.5. The van der Waals surface area contributed by atoms with Crippen LogP contribution in [0.25, 0.3) is 0 Å². The quantitative estimate of drug-likeness (QED) is 0.571. The van der Waals surface area contributed by atoms with Gasteiger partial charge in [0.2, 0.25) is 0 Å². The fourth-order valence-corrected chi connectivity index (χ4v) is 2.49. The minimum atomic E-state index is -0.316. The minimum absolute atomic E-state index is 0.127. The SMILES string of the molecule is CCC(=O)OC(C)CC(C)(C)OCc1ccccc1.Cc1ccc(F)cc1. The molecule has 3 nitrogen and oxygen atoms in total. The zero-order chi connectivity index (χ0) is 20.3. The van der Waals surface area contributed by atoms with Crippen LogP contribution in [-0.2, 0) is 20.9 Å². The minimum Gasteiger partial charge on any atom is -0.463 e. The molecule has 148 valence electrons. The van der Waals surface area contributed by atoms with Crippen LogP contribution in [-0.4, -0.2) is 17.7 Å². The highest BCUT2D eigenvalue weighted by Crippen LogP contribution is 2.20. The van der Waals surface area contributed by atoms with E-state index < -0.39 is 0 Å². The topological polar surface area (TPSA) is 35.5 Å². The molecule has 2 aromatic rings. The second kappa shape index (κ2) is 11.5. The molecule has 1 atom stereocenters. The van der Waals surface area contributed by atoms with E-state index in [1.165, 1.54) is 12.1 Å². The first kappa shape index (κ1) is 22.8. The molecule has 0 aliphatic carbocycles. The van der Waals surface area contributed by atoms with Crippen molar-refractivity contribution in [2.24, 2.45) is 0 Å². The van der Waals surface area contributed by atoms with Crippen LogP contribution in [0.4, 0.5) is 4.39 Å². The molecule has 1 unspecified atom stereocenters. The summed E-state index contributed by atoms with van der Waals surface area (Å²) >= 11 is 0. The molecular weight excluding hydrogens is 343 g/mol. The Labute approximate surface area is 162 Å². The summed E-state index contributed by atoms with van der Waals surface area (Å²) in [4.78, 5) is 11.2. The summed E-state index contributed by atoms with van der Waals surface area (Å²) in [5.74, 6) is -0.332. The third-order valence-electron chi connectivity index (χ3n) is 3.88. The summed E-state index contributed by atoms with van der Waals surface area (Å²) < 4.78 is 23.3. The normalized spacial score (nSPS) is 11.9. The van der Waals surface area contributed by atoms with Gasteiger partial charge in [0.15, 0.2) is 0 Å². The van der Waals surface area contributed by atoms with Gasteiger partial charge in [-0.1, -0.05) is 55.0 Å². The molecule has 0 heterocycles. The lowest BCUT2D eigenvalue weighted by atomic mass is 10.0. The molecule has 0 bridgehead atoms. The number of halogens is 1. The van der Waals surface area contributed by atoms with Gasteiger partial charge in [-0.15, -0.1) is 0 Å². The van der Waals surface area contributed by atoms with Gasteiger partial charge in [-0.05, 0) is 45.4 Å². The van der Waals surface area contributed by atoms with Gasteiger partial charge in [-0.2, -0.15) is 0 Å². The van der Waals surface area contributed by atoms with E-state index in [1.807, 2.05) is 58.0 Å². The predicted octanol–water partition coefficient (Wildman–Crippen LogP) is 5.85. The van der Waals surface area contributed by atoms with E-state index in [-0.39, 0.29) is 23.5 Å². The zero-order valence-corrected chi connectivity index (χ0v) is 17.0. The van der Waals surface area contributed by atoms with E-state index >= 15 is 0 Å². The highest BCUT2D eigenvalue weighted by molar-refractivity contribution is 5.69. The first-order valence-electron chi connectivity index (χ1n) is 9.31. The van der Waals surface area contributed by atoms with Gasteiger partial charge in [0, 0.05) is 12.8 Å². The molecule has 0 N–H and O–H groups in total. The van der Waals surface area contributed by atoms with Gasteiger partial charge >= 0.3 is 5.97 Å². The molecule has 0 aliphatic rings. The van der Waals surface area contributed by atoms with E-state index in [1.54, 1.807) is 19.1 Å². The number of esters is 1. The molecule has 0 aliphatic heterocycles. The van der Waals surface area contributed by atoms with Crippen molar-refractivity contribution in [3.05, 3.63) is 71.5 Å². The van der Waals surface area contributed by atoms with Crippen molar-refractivity contribution in [2.75, 3.05) is 0 Å². The molecule has 2 rings (SSSR count). The zero-order valence-electron chi connectivity index (χ0n) is 17.0. The van der Waals surface area contributed by atoms with Crippen LogP contribution in [0, 0.1) is 12.7 Å². The maximum Gasteiger partial charge on any atom is 0.305 e. The van der Waals surface area contributed by atoms with Crippen molar-refractivity contribution in [1.82, 2.24) is 0 Å². The third kappa shape index (κ3) is 10.5. The standard InChI is InChI=1S/C16H24O3.C7H7F/c1-5-15(17)19-13(2)11-16(3,4)18-12-14-9-7-6-8-10-14;1-6-2-4-7(8)5-3-6/h6-10,13H,5,11-12H2,1-4H3;2-5H,1H3. The molecule has 0 saturated carbocycles. The molecular formula is C23H31FO3. The summed E-state index contributed by atoms with van der Waals surface area (Å²) in [7, 11) is 0. The lowest BCUT2D eigenvalue weighted by Crippen LogP contribution is -2.31. The molecule has 2 aromatic carbocycles. The van der Waals surface area contributed by atoms with Crippen molar-refractivity contribution in [1.29, 1.82) is 0 Å². The smallest absolute Gasteiger partial charge is 0.305 e. The van der Waals surface area contributed by atoms with Gasteiger partial charge in [0.1, 0.15) is 11.9 Å². The van der Waals surface area contributed by atoms with Crippen LogP contribution in [0.2, 0.25) is 0 Å². The van der Waals surface area contributed by atoms with Gasteiger partial charge in [-0.25, -0.2) is 4.39 Å². The molecule has 0 saturated heterocycles. The van der Waals surface area contributed by atoms with Crippen molar-refractivity contribution in [3.8, 4) is 0 Å². The Hall–Kier alpha value is -2.20. The van der Waals surface area contributed by atoms with Crippen molar-refractivity contribution in [3.63, 3.8) is 0 Å². The van der Waals surface area contributed by atoms with Crippen LogP contribution in [0.1, 0.15) is 51.7 Å². The molecule has 4 heteroatoms. The highest BCUT2D eigenvalue weighted by Gasteiger charge is 2.23. The van der Waals surface area contributed by atoms with Crippen LogP contribution >= 0.6 is 0 Å². The van der Waals surface area contributed by atoms with Gasteiger partial charge in [0.05, 0.1) is 12.2 Å². The number of carbonyl (C=O) groups is 1. The Morgan fingerprint density at radius 3 is 2.19 bits per heavy atom. The number of hydrogen-bond acceptors (Lipinski definition) is 3. The fraction of sp³-hybridized carbons (Fsp3) is 0.435. The van der Waals surface area contributed by atoms with Crippen molar-refractivity contribution in [2.45, 2.75) is 65.8 Å². The first-order chi connectivity index (χ1) is 12.7.